The summed E-state index contributed by atoms with van der Waals surface area (Å²) in [7, 11) is 0. The molecule has 0 aromatic heterocycles. The second-order valence-electron chi connectivity index (χ2n) is 5.68. The van der Waals surface area contributed by atoms with Crippen molar-refractivity contribution in [1.82, 2.24) is 5.32 Å². The van der Waals surface area contributed by atoms with Crippen LogP contribution in [0.4, 0.5) is 0 Å². The molecule has 0 amide bonds. The van der Waals surface area contributed by atoms with Crippen LogP contribution in [0.2, 0.25) is 0 Å². The maximum absolute atomic E-state index is 5.77. The van der Waals surface area contributed by atoms with Crippen molar-refractivity contribution in [2.24, 2.45) is 5.92 Å². The van der Waals surface area contributed by atoms with Gasteiger partial charge in [0.2, 0.25) is 0 Å². The number of benzene rings is 1. The average Bonchev–Trinajstić information content (AvgIpc) is 2.96. The topological polar surface area (TPSA) is 30.5 Å². The Balaban J connectivity index is 2.16. The third-order valence-corrected chi connectivity index (χ3v) is 4.31. The molecule has 3 heteroatoms. The molecule has 3 nitrogen and oxygen atoms in total. The maximum atomic E-state index is 5.77. The molecule has 0 radical (unpaired) electrons. The summed E-state index contributed by atoms with van der Waals surface area (Å²) in [6.45, 7) is 9.73. The van der Waals surface area contributed by atoms with E-state index in [2.05, 4.69) is 30.4 Å². The van der Waals surface area contributed by atoms with Gasteiger partial charge < -0.3 is 14.8 Å². The van der Waals surface area contributed by atoms with Crippen LogP contribution in [0, 0.1) is 5.92 Å². The van der Waals surface area contributed by atoms with Crippen molar-refractivity contribution in [2.45, 2.75) is 46.0 Å². The highest BCUT2D eigenvalue weighted by Gasteiger charge is 2.28. The Morgan fingerprint density at radius 3 is 2.52 bits per heavy atom. The zero-order chi connectivity index (χ0) is 15.1. The molecule has 0 bridgehead atoms. The van der Waals surface area contributed by atoms with E-state index in [1.807, 2.05) is 13.8 Å². The van der Waals surface area contributed by atoms with Crippen molar-refractivity contribution < 1.29 is 9.47 Å². The monoisotopic (exact) mass is 291 g/mol. The fourth-order valence-electron chi connectivity index (χ4n) is 3.35. The SMILES string of the molecule is CCNCC1CCCC1c1ccc(OCC)c(OCC)c1. The van der Waals surface area contributed by atoms with E-state index in [0.717, 1.165) is 30.5 Å². The molecule has 1 N–H and O–H groups in total. The van der Waals surface area contributed by atoms with E-state index in [1.54, 1.807) is 0 Å². The molecule has 1 aromatic carbocycles. The van der Waals surface area contributed by atoms with E-state index in [4.69, 9.17) is 9.47 Å². The van der Waals surface area contributed by atoms with Crippen LogP contribution in [0.1, 0.15) is 51.5 Å². The van der Waals surface area contributed by atoms with Crippen molar-refractivity contribution in [3.63, 3.8) is 0 Å². The lowest BCUT2D eigenvalue weighted by Crippen LogP contribution is -2.24. The van der Waals surface area contributed by atoms with E-state index in [-0.39, 0.29) is 0 Å². The molecule has 2 rings (SSSR count). The van der Waals surface area contributed by atoms with Gasteiger partial charge in [-0.05, 0) is 69.3 Å². The van der Waals surface area contributed by atoms with Crippen molar-refractivity contribution in [3.05, 3.63) is 23.8 Å². The molecule has 21 heavy (non-hydrogen) atoms. The molecular weight excluding hydrogens is 262 g/mol. The van der Waals surface area contributed by atoms with Gasteiger partial charge in [0, 0.05) is 0 Å². The normalized spacial score (nSPS) is 21.5. The molecule has 0 heterocycles. The Morgan fingerprint density at radius 2 is 1.81 bits per heavy atom. The van der Waals surface area contributed by atoms with Crippen molar-refractivity contribution in [1.29, 1.82) is 0 Å². The fourth-order valence-corrected chi connectivity index (χ4v) is 3.35. The van der Waals surface area contributed by atoms with Gasteiger partial charge >= 0.3 is 0 Å². The first-order chi connectivity index (χ1) is 10.3. The molecule has 1 aromatic rings. The van der Waals surface area contributed by atoms with Crippen LogP contribution in [0.3, 0.4) is 0 Å². The van der Waals surface area contributed by atoms with Gasteiger partial charge in [0.05, 0.1) is 13.2 Å². The molecule has 0 spiro atoms. The van der Waals surface area contributed by atoms with Crippen LogP contribution >= 0.6 is 0 Å². The Hall–Kier alpha value is -1.22. The predicted octanol–water partition coefficient (Wildman–Crippen LogP) is 3.98. The molecular formula is C18H29NO2. The lowest BCUT2D eigenvalue weighted by atomic mass is 9.88. The molecule has 0 saturated heterocycles. The van der Waals surface area contributed by atoms with Crippen molar-refractivity contribution >= 4 is 0 Å². The molecule has 1 fully saturated rings. The van der Waals surface area contributed by atoms with Crippen LogP contribution in [-0.2, 0) is 0 Å². The molecule has 1 aliphatic carbocycles. The van der Waals surface area contributed by atoms with Gasteiger partial charge in [-0.3, -0.25) is 0 Å². The van der Waals surface area contributed by atoms with Crippen molar-refractivity contribution in [3.8, 4) is 11.5 Å². The summed E-state index contributed by atoms with van der Waals surface area (Å²) in [5, 5.41) is 3.51. The summed E-state index contributed by atoms with van der Waals surface area (Å²) in [4.78, 5) is 0. The first-order valence-electron chi connectivity index (χ1n) is 8.40. The lowest BCUT2D eigenvalue weighted by Gasteiger charge is -2.22. The summed E-state index contributed by atoms with van der Waals surface area (Å²) in [6, 6.07) is 6.50. The van der Waals surface area contributed by atoms with Crippen LogP contribution in [0.5, 0.6) is 11.5 Å². The highest BCUT2D eigenvalue weighted by molar-refractivity contribution is 5.44. The summed E-state index contributed by atoms with van der Waals surface area (Å²) < 4.78 is 11.4. The Morgan fingerprint density at radius 1 is 1.05 bits per heavy atom. The highest BCUT2D eigenvalue weighted by Crippen LogP contribution is 2.42. The van der Waals surface area contributed by atoms with Crippen LogP contribution in [0.25, 0.3) is 0 Å². The van der Waals surface area contributed by atoms with Gasteiger partial charge in [-0.25, -0.2) is 0 Å². The minimum Gasteiger partial charge on any atom is -0.490 e. The number of rotatable bonds is 8. The molecule has 1 saturated carbocycles. The zero-order valence-corrected chi connectivity index (χ0v) is 13.7. The Labute approximate surface area is 129 Å². The number of hydrogen-bond acceptors (Lipinski definition) is 3. The van der Waals surface area contributed by atoms with Gasteiger partial charge in [-0.1, -0.05) is 19.4 Å². The van der Waals surface area contributed by atoms with Gasteiger partial charge in [0.15, 0.2) is 11.5 Å². The first kappa shape index (κ1) is 16.2. The summed E-state index contributed by atoms with van der Waals surface area (Å²) in [5.74, 6) is 3.16. The minimum atomic E-state index is 0.652. The second-order valence-corrected chi connectivity index (χ2v) is 5.68. The summed E-state index contributed by atoms with van der Waals surface area (Å²) in [5.41, 5.74) is 1.40. The smallest absolute Gasteiger partial charge is 0.161 e. The number of hydrogen-bond donors (Lipinski definition) is 1. The van der Waals surface area contributed by atoms with Gasteiger partial charge in [0.1, 0.15) is 0 Å². The molecule has 2 atom stereocenters. The van der Waals surface area contributed by atoms with Gasteiger partial charge in [-0.2, -0.15) is 0 Å². The number of nitrogens with one attached hydrogen (secondary N) is 1. The third-order valence-electron chi connectivity index (χ3n) is 4.31. The minimum absolute atomic E-state index is 0.652. The van der Waals surface area contributed by atoms with Gasteiger partial charge in [0.25, 0.3) is 0 Å². The Bertz CT molecular complexity index is 433. The predicted molar refractivity (Wildman–Crippen MR) is 87.4 cm³/mol. The van der Waals surface area contributed by atoms with Crippen LogP contribution in [-0.4, -0.2) is 26.3 Å². The molecule has 118 valence electrons. The van der Waals surface area contributed by atoms with E-state index in [1.165, 1.54) is 24.8 Å². The standard InChI is InChI=1S/C18H29NO2/c1-4-19-13-15-8-7-9-16(15)14-10-11-17(20-5-2)18(12-14)21-6-3/h10-12,15-16,19H,4-9,13H2,1-3H3. The molecule has 2 unspecified atom stereocenters. The fraction of sp³-hybridized carbons (Fsp3) is 0.667. The molecule has 1 aliphatic rings. The summed E-state index contributed by atoms with van der Waals surface area (Å²) in [6.07, 6.45) is 3.95. The summed E-state index contributed by atoms with van der Waals surface area (Å²) >= 11 is 0. The highest BCUT2D eigenvalue weighted by atomic mass is 16.5. The first-order valence-corrected chi connectivity index (χ1v) is 8.40. The van der Waals surface area contributed by atoms with E-state index in [9.17, 15) is 0 Å². The average molecular weight is 291 g/mol. The van der Waals surface area contributed by atoms with Crippen LogP contribution < -0.4 is 14.8 Å². The maximum Gasteiger partial charge on any atom is 0.161 e. The third kappa shape index (κ3) is 4.13. The van der Waals surface area contributed by atoms with E-state index >= 15 is 0 Å². The van der Waals surface area contributed by atoms with Gasteiger partial charge in [-0.15, -0.1) is 0 Å². The quantitative estimate of drug-likeness (QED) is 0.786. The largest absolute Gasteiger partial charge is 0.490 e. The number of ether oxygens (including phenoxy) is 2. The molecule has 0 aliphatic heterocycles. The Kier molecular flexibility index (Phi) is 6.37. The second kappa shape index (κ2) is 8.28. The van der Waals surface area contributed by atoms with Crippen LogP contribution in [0.15, 0.2) is 18.2 Å². The van der Waals surface area contributed by atoms with E-state index in [0.29, 0.717) is 19.1 Å². The van der Waals surface area contributed by atoms with E-state index < -0.39 is 0 Å². The zero-order valence-electron chi connectivity index (χ0n) is 13.7. The van der Waals surface area contributed by atoms with Crippen molar-refractivity contribution in [2.75, 3.05) is 26.3 Å². The lowest BCUT2D eigenvalue weighted by molar-refractivity contribution is 0.287.